The van der Waals surface area contributed by atoms with Crippen LogP contribution in [0.25, 0.3) is 0 Å². The van der Waals surface area contributed by atoms with E-state index in [0.29, 0.717) is 11.5 Å². The number of aromatic hydroxyl groups is 2. The maximum absolute atomic E-state index is 11.0. The topological polar surface area (TPSA) is 66.8 Å². The number of carbonyl (C=O) groups is 1. The summed E-state index contributed by atoms with van der Waals surface area (Å²) in [5, 5.41) is 18.4. The lowest BCUT2D eigenvalue weighted by molar-refractivity contribution is -0.139. The fourth-order valence-corrected chi connectivity index (χ4v) is 1.69. The largest absolute Gasteiger partial charge is 0.508 e. The lowest BCUT2D eigenvalue weighted by Gasteiger charge is -2.04. The number of rotatable bonds is 4. The van der Waals surface area contributed by atoms with Crippen LogP contribution < -0.4 is 0 Å². The van der Waals surface area contributed by atoms with Gasteiger partial charge in [-0.25, -0.2) is 0 Å². The lowest BCUT2D eigenvalue weighted by atomic mass is 10.3. The van der Waals surface area contributed by atoms with Crippen molar-refractivity contribution in [3.8, 4) is 11.5 Å². The van der Waals surface area contributed by atoms with Crippen molar-refractivity contribution in [1.82, 2.24) is 0 Å². The van der Waals surface area contributed by atoms with Gasteiger partial charge in [0, 0.05) is 11.0 Å². The Kier molecular flexibility index (Phi) is 4.30. The van der Waals surface area contributed by atoms with Gasteiger partial charge in [-0.15, -0.1) is 11.8 Å². The molecule has 0 fully saturated rings. The van der Waals surface area contributed by atoms with E-state index < -0.39 is 0 Å². The first-order chi connectivity index (χ1) is 7.13. The molecular weight excluding hydrogens is 216 g/mol. The second kappa shape index (κ2) is 5.50. The van der Waals surface area contributed by atoms with Gasteiger partial charge in [-0.05, 0) is 19.1 Å². The van der Waals surface area contributed by atoms with Crippen LogP contribution in [0, 0.1) is 0 Å². The van der Waals surface area contributed by atoms with Gasteiger partial charge in [-0.1, -0.05) is 0 Å². The van der Waals surface area contributed by atoms with E-state index in [2.05, 4.69) is 0 Å². The van der Waals surface area contributed by atoms with Gasteiger partial charge < -0.3 is 14.9 Å². The van der Waals surface area contributed by atoms with Crippen LogP contribution in [0.3, 0.4) is 0 Å². The van der Waals surface area contributed by atoms with E-state index in [1.165, 1.54) is 23.9 Å². The van der Waals surface area contributed by atoms with E-state index in [0.717, 1.165) is 0 Å². The number of carbonyl (C=O) groups excluding carboxylic acids is 1. The molecule has 1 rings (SSSR count). The minimum Gasteiger partial charge on any atom is -0.508 e. The minimum atomic E-state index is -0.324. The maximum atomic E-state index is 11.0. The van der Waals surface area contributed by atoms with Crippen LogP contribution in [-0.4, -0.2) is 28.5 Å². The molecule has 0 bridgehead atoms. The zero-order chi connectivity index (χ0) is 11.3. The Hall–Kier alpha value is -1.36. The SMILES string of the molecule is CCOC(=O)CSc1ccc(O)cc1O. The Labute approximate surface area is 91.9 Å². The van der Waals surface area contributed by atoms with Gasteiger partial charge in [0.25, 0.3) is 0 Å². The normalized spacial score (nSPS) is 9.93. The van der Waals surface area contributed by atoms with E-state index in [1.807, 2.05) is 0 Å². The first-order valence-corrected chi connectivity index (χ1v) is 5.42. The molecule has 0 amide bonds. The van der Waals surface area contributed by atoms with E-state index in [4.69, 9.17) is 9.84 Å². The monoisotopic (exact) mass is 228 g/mol. The van der Waals surface area contributed by atoms with Crippen LogP contribution in [0.4, 0.5) is 0 Å². The lowest BCUT2D eigenvalue weighted by Crippen LogP contribution is -2.06. The summed E-state index contributed by atoms with van der Waals surface area (Å²) in [5.41, 5.74) is 0. The Bertz CT molecular complexity index is 351. The summed E-state index contributed by atoms with van der Waals surface area (Å²) >= 11 is 1.17. The Morgan fingerprint density at radius 1 is 1.47 bits per heavy atom. The smallest absolute Gasteiger partial charge is 0.316 e. The van der Waals surface area contributed by atoms with Crippen LogP contribution in [-0.2, 0) is 9.53 Å². The van der Waals surface area contributed by atoms with Crippen molar-refractivity contribution in [2.75, 3.05) is 12.4 Å². The third-order valence-corrected chi connectivity index (χ3v) is 2.63. The molecule has 0 aliphatic heterocycles. The summed E-state index contributed by atoms with van der Waals surface area (Å²) in [4.78, 5) is 11.6. The molecule has 5 heteroatoms. The highest BCUT2D eigenvalue weighted by Gasteiger charge is 2.07. The molecule has 0 radical (unpaired) electrons. The van der Waals surface area contributed by atoms with Crippen molar-refractivity contribution in [1.29, 1.82) is 0 Å². The Balaban J connectivity index is 2.54. The van der Waals surface area contributed by atoms with E-state index >= 15 is 0 Å². The van der Waals surface area contributed by atoms with E-state index in [9.17, 15) is 9.90 Å². The first kappa shape index (κ1) is 11.7. The summed E-state index contributed by atoms with van der Waals surface area (Å²) < 4.78 is 4.74. The molecule has 1 aromatic carbocycles. The van der Waals surface area contributed by atoms with Crippen molar-refractivity contribution >= 4 is 17.7 Å². The maximum Gasteiger partial charge on any atom is 0.316 e. The first-order valence-electron chi connectivity index (χ1n) is 4.44. The molecule has 4 nitrogen and oxygen atoms in total. The quantitative estimate of drug-likeness (QED) is 0.607. The van der Waals surface area contributed by atoms with Gasteiger partial charge in [0.05, 0.1) is 12.4 Å². The van der Waals surface area contributed by atoms with Crippen LogP contribution in [0.5, 0.6) is 11.5 Å². The average Bonchev–Trinajstić information content (AvgIpc) is 2.17. The number of ether oxygens (including phenoxy) is 1. The molecule has 0 unspecified atom stereocenters. The number of phenols is 2. The van der Waals surface area contributed by atoms with Gasteiger partial charge in [0.15, 0.2) is 0 Å². The number of phenolic OH excluding ortho intramolecular Hbond substituents is 2. The molecule has 2 N–H and O–H groups in total. The molecule has 15 heavy (non-hydrogen) atoms. The summed E-state index contributed by atoms with van der Waals surface area (Å²) in [7, 11) is 0. The number of thioether (sulfide) groups is 1. The Morgan fingerprint density at radius 3 is 2.80 bits per heavy atom. The molecule has 82 valence electrons. The molecule has 0 aliphatic carbocycles. The number of hydrogen-bond donors (Lipinski definition) is 2. The molecule has 0 heterocycles. The predicted molar refractivity (Wildman–Crippen MR) is 57.1 cm³/mol. The van der Waals surface area contributed by atoms with Gasteiger partial charge in [-0.3, -0.25) is 4.79 Å². The molecule has 0 spiro atoms. The van der Waals surface area contributed by atoms with Gasteiger partial charge in [-0.2, -0.15) is 0 Å². The highest BCUT2D eigenvalue weighted by Crippen LogP contribution is 2.31. The second-order valence-electron chi connectivity index (χ2n) is 2.75. The average molecular weight is 228 g/mol. The van der Waals surface area contributed by atoms with E-state index in [-0.39, 0.29) is 23.2 Å². The number of hydrogen-bond acceptors (Lipinski definition) is 5. The predicted octanol–water partition coefficient (Wildman–Crippen LogP) is 1.75. The van der Waals surface area contributed by atoms with E-state index in [1.54, 1.807) is 13.0 Å². The highest BCUT2D eigenvalue weighted by molar-refractivity contribution is 8.00. The van der Waals surface area contributed by atoms with Gasteiger partial charge in [0.2, 0.25) is 0 Å². The summed E-state index contributed by atoms with van der Waals surface area (Å²) in [6.45, 7) is 2.08. The Morgan fingerprint density at radius 2 is 2.20 bits per heavy atom. The number of esters is 1. The summed E-state index contributed by atoms with van der Waals surface area (Å²) in [6.07, 6.45) is 0. The molecule has 1 aromatic rings. The molecule has 0 aliphatic rings. The zero-order valence-electron chi connectivity index (χ0n) is 8.27. The van der Waals surface area contributed by atoms with Crippen molar-refractivity contribution in [3.63, 3.8) is 0 Å². The molecule has 0 aromatic heterocycles. The number of benzene rings is 1. The molecule has 0 atom stereocenters. The van der Waals surface area contributed by atoms with Crippen LogP contribution >= 0.6 is 11.8 Å². The van der Waals surface area contributed by atoms with Crippen molar-refractivity contribution in [2.24, 2.45) is 0 Å². The fourth-order valence-electron chi connectivity index (χ4n) is 0.967. The van der Waals surface area contributed by atoms with Gasteiger partial charge >= 0.3 is 5.97 Å². The van der Waals surface area contributed by atoms with Crippen molar-refractivity contribution in [3.05, 3.63) is 18.2 Å². The minimum absolute atomic E-state index is 0.00650. The third kappa shape index (κ3) is 3.71. The highest BCUT2D eigenvalue weighted by atomic mass is 32.2. The van der Waals surface area contributed by atoms with Crippen LogP contribution in [0.1, 0.15) is 6.92 Å². The van der Waals surface area contributed by atoms with Crippen LogP contribution in [0.2, 0.25) is 0 Å². The third-order valence-electron chi connectivity index (χ3n) is 1.59. The van der Waals surface area contributed by atoms with Gasteiger partial charge in [0.1, 0.15) is 11.5 Å². The molecular formula is C10H12O4S. The summed E-state index contributed by atoms with van der Waals surface area (Å²) in [6, 6.07) is 4.23. The fraction of sp³-hybridized carbons (Fsp3) is 0.300. The van der Waals surface area contributed by atoms with Crippen molar-refractivity contribution < 1.29 is 19.7 Å². The summed E-state index contributed by atoms with van der Waals surface area (Å²) in [5.74, 6) is -0.223. The molecule has 0 saturated heterocycles. The zero-order valence-corrected chi connectivity index (χ0v) is 9.08. The molecule has 0 saturated carbocycles. The standard InChI is InChI=1S/C10H12O4S/c1-2-14-10(13)6-15-9-4-3-7(11)5-8(9)12/h3-5,11-12H,2,6H2,1H3. The second-order valence-corrected chi connectivity index (χ2v) is 3.76. The van der Waals surface area contributed by atoms with Crippen LogP contribution in [0.15, 0.2) is 23.1 Å². The van der Waals surface area contributed by atoms with Crippen molar-refractivity contribution in [2.45, 2.75) is 11.8 Å².